The average Bonchev–Trinajstić information content (AvgIpc) is 3.14. The molecule has 0 aliphatic heterocycles. The summed E-state index contributed by atoms with van der Waals surface area (Å²) >= 11 is 0. The van der Waals surface area contributed by atoms with Crippen molar-refractivity contribution in [1.29, 1.82) is 0 Å². The highest BCUT2D eigenvalue weighted by Gasteiger charge is 2.07. The van der Waals surface area contributed by atoms with Crippen LogP contribution in [0.5, 0.6) is 0 Å². The number of tetrazole rings is 1. The number of anilines is 1. The van der Waals surface area contributed by atoms with E-state index < -0.39 is 5.82 Å². The summed E-state index contributed by atoms with van der Waals surface area (Å²) in [6.07, 6.45) is 1.35. The van der Waals surface area contributed by atoms with Gasteiger partial charge in [-0.05, 0) is 52.4 Å². The van der Waals surface area contributed by atoms with E-state index >= 15 is 0 Å². The lowest BCUT2D eigenvalue weighted by atomic mass is 10.1. The third kappa shape index (κ3) is 4.69. The molecule has 3 rings (SSSR count). The molecular weight excluding hydrogens is 339 g/mol. The second kappa shape index (κ2) is 7.97. The third-order valence-electron chi connectivity index (χ3n) is 3.48. The molecule has 2 amide bonds. The highest BCUT2D eigenvalue weighted by atomic mass is 19.1. The van der Waals surface area contributed by atoms with Gasteiger partial charge in [-0.1, -0.05) is 12.1 Å². The van der Waals surface area contributed by atoms with Crippen LogP contribution in [-0.2, 0) is 17.9 Å². The Labute approximate surface area is 148 Å². The number of carbonyl (C=O) groups is 2. The van der Waals surface area contributed by atoms with Crippen LogP contribution in [0.1, 0.15) is 15.9 Å². The molecule has 0 saturated carbocycles. The van der Waals surface area contributed by atoms with E-state index in [2.05, 4.69) is 26.2 Å². The quantitative estimate of drug-likeness (QED) is 0.696. The number of carbonyl (C=O) groups excluding carboxylic acids is 2. The van der Waals surface area contributed by atoms with Crippen LogP contribution < -0.4 is 10.6 Å². The maximum atomic E-state index is 12.9. The molecule has 26 heavy (non-hydrogen) atoms. The van der Waals surface area contributed by atoms with Crippen molar-refractivity contribution in [2.75, 3.05) is 5.32 Å². The molecule has 1 aromatic heterocycles. The van der Waals surface area contributed by atoms with Crippen LogP contribution in [0.4, 0.5) is 10.1 Å². The van der Waals surface area contributed by atoms with Crippen molar-refractivity contribution >= 4 is 17.5 Å². The zero-order valence-corrected chi connectivity index (χ0v) is 13.6. The number of benzene rings is 2. The monoisotopic (exact) mass is 354 g/mol. The van der Waals surface area contributed by atoms with E-state index in [0.29, 0.717) is 17.8 Å². The Balaban J connectivity index is 1.56. The summed E-state index contributed by atoms with van der Waals surface area (Å²) in [6.45, 7) is 0.315. The summed E-state index contributed by atoms with van der Waals surface area (Å²) in [6, 6.07) is 12.3. The predicted octanol–water partition coefficient (Wildman–Crippen LogP) is 1.38. The van der Waals surface area contributed by atoms with Crippen LogP contribution in [0.2, 0.25) is 0 Å². The molecule has 0 radical (unpaired) electrons. The molecule has 0 spiro atoms. The van der Waals surface area contributed by atoms with Crippen molar-refractivity contribution in [3.05, 3.63) is 71.8 Å². The number of hydrogen-bond acceptors (Lipinski definition) is 5. The van der Waals surface area contributed by atoms with Crippen molar-refractivity contribution in [2.24, 2.45) is 0 Å². The van der Waals surface area contributed by atoms with E-state index in [1.807, 2.05) is 6.07 Å². The Kier molecular flexibility index (Phi) is 5.28. The van der Waals surface area contributed by atoms with Gasteiger partial charge in [-0.15, -0.1) is 5.10 Å². The van der Waals surface area contributed by atoms with Gasteiger partial charge < -0.3 is 10.6 Å². The number of nitrogens with zero attached hydrogens (tertiary/aromatic N) is 4. The number of amides is 2. The fourth-order valence-corrected chi connectivity index (χ4v) is 2.22. The molecule has 0 fully saturated rings. The smallest absolute Gasteiger partial charge is 0.255 e. The zero-order valence-electron chi connectivity index (χ0n) is 13.6. The topological polar surface area (TPSA) is 102 Å². The first kappa shape index (κ1) is 17.2. The maximum absolute atomic E-state index is 12.9. The summed E-state index contributed by atoms with van der Waals surface area (Å²) in [5.74, 6) is -0.983. The normalized spacial score (nSPS) is 10.3. The minimum atomic E-state index is -0.402. The maximum Gasteiger partial charge on any atom is 0.255 e. The van der Waals surface area contributed by atoms with E-state index in [1.54, 1.807) is 18.2 Å². The summed E-state index contributed by atoms with van der Waals surface area (Å²) in [5, 5.41) is 16.0. The molecule has 1 heterocycles. The Morgan fingerprint density at radius 3 is 2.65 bits per heavy atom. The highest BCUT2D eigenvalue weighted by molar-refractivity contribution is 6.04. The minimum absolute atomic E-state index is 0.0218. The first-order valence-electron chi connectivity index (χ1n) is 7.73. The first-order chi connectivity index (χ1) is 12.6. The Morgan fingerprint density at radius 2 is 1.92 bits per heavy atom. The van der Waals surface area contributed by atoms with Crippen LogP contribution in [0, 0.1) is 5.82 Å². The molecule has 2 N–H and O–H groups in total. The fourth-order valence-electron chi connectivity index (χ4n) is 2.22. The lowest BCUT2D eigenvalue weighted by Gasteiger charge is -2.09. The number of aromatic nitrogens is 4. The number of hydrogen-bond donors (Lipinski definition) is 2. The molecule has 0 unspecified atom stereocenters. The molecular formula is C17H15FN6O2. The number of rotatable bonds is 6. The van der Waals surface area contributed by atoms with E-state index in [4.69, 9.17) is 0 Å². The van der Waals surface area contributed by atoms with Gasteiger partial charge in [0.25, 0.3) is 5.91 Å². The van der Waals surface area contributed by atoms with Crippen molar-refractivity contribution in [3.8, 4) is 0 Å². The molecule has 3 aromatic rings. The molecule has 0 bridgehead atoms. The summed E-state index contributed by atoms with van der Waals surface area (Å²) < 4.78 is 14.2. The Morgan fingerprint density at radius 1 is 1.12 bits per heavy atom. The van der Waals surface area contributed by atoms with Crippen LogP contribution in [-0.4, -0.2) is 32.0 Å². The van der Waals surface area contributed by atoms with Gasteiger partial charge in [0.15, 0.2) is 0 Å². The van der Waals surface area contributed by atoms with Gasteiger partial charge in [-0.3, -0.25) is 9.59 Å². The summed E-state index contributed by atoms with van der Waals surface area (Å²) in [5.41, 5.74) is 1.74. The van der Waals surface area contributed by atoms with Crippen molar-refractivity contribution in [2.45, 2.75) is 13.1 Å². The largest absolute Gasteiger partial charge is 0.350 e. The Bertz CT molecular complexity index is 896. The summed E-state index contributed by atoms with van der Waals surface area (Å²) in [7, 11) is 0. The average molecular weight is 354 g/mol. The SMILES string of the molecule is O=C(Cn1cnnn1)NCc1cccc(NC(=O)c2ccc(F)cc2)c1. The lowest BCUT2D eigenvalue weighted by Crippen LogP contribution is -2.27. The molecule has 0 atom stereocenters. The van der Waals surface area contributed by atoms with Gasteiger partial charge in [0.1, 0.15) is 18.7 Å². The van der Waals surface area contributed by atoms with Gasteiger partial charge in [0, 0.05) is 17.8 Å². The Hall–Kier alpha value is -3.62. The van der Waals surface area contributed by atoms with Gasteiger partial charge in [-0.2, -0.15) is 0 Å². The number of nitrogens with one attached hydrogen (secondary N) is 2. The van der Waals surface area contributed by atoms with Crippen molar-refractivity contribution < 1.29 is 14.0 Å². The highest BCUT2D eigenvalue weighted by Crippen LogP contribution is 2.13. The van der Waals surface area contributed by atoms with Crippen LogP contribution in [0.3, 0.4) is 0 Å². The summed E-state index contributed by atoms with van der Waals surface area (Å²) in [4.78, 5) is 24.0. The first-order valence-corrected chi connectivity index (χ1v) is 7.73. The minimum Gasteiger partial charge on any atom is -0.350 e. The molecule has 2 aromatic carbocycles. The molecule has 9 heteroatoms. The zero-order chi connectivity index (χ0) is 18.4. The van der Waals surface area contributed by atoms with E-state index in [0.717, 1.165) is 5.56 Å². The van der Waals surface area contributed by atoms with Gasteiger partial charge in [0.2, 0.25) is 5.91 Å². The molecule has 0 aliphatic carbocycles. The number of halogens is 1. The predicted molar refractivity (Wildman–Crippen MR) is 90.5 cm³/mol. The fraction of sp³-hybridized carbons (Fsp3) is 0.118. The van der Waals surface area contributed by atoms with Gasteiger partial charge in [0.05, 0.1) is 0 Å². The van der Waals surface area contributed by atoms with Crippen LogP contribution in [0.25, 0.3) is 0 Å². The van der Waals surface area contributed by atoms with E-state index in [9.17, 15) is 14.0 Å². The lowest BCUT2D eigenvalue weighted by molar-refractivity contribution is -0.122. The van der Waals surface area contributed by atoms with Crippen LogP contribution in [0.15, 0.2) is 54.9 Å². The van der Waals surface area contributed by atoms with Crippen LogP contribution >= 0.6 is 0 Å². The molecule has 0 saturated heterocycles. The third-order valence-corrected chi connectivity index (χ3v) is 3.48. The second-order valence-corrected chi connectivity index (χ2v) is 5.45. The van der Waals surface area contributed by atoms with E-state index in [1.165, 1.54) is 35.3 Å². The van der Waals surface area contributed by atoms with Gasteiger partial charge in [-0.25, -0.2) is 9.07 Å². The molecule has 0 aliphatic rings. The van der Waals surface area contributed by atoms with Crippen molar-refractivity contribution in [1.82, 2.24) is 25.5 Å². The standard InChI is InChI=1S/C17H15FN6O2/c18-14-6-4-13(5-7-14)17(26)21-15-3-1-2-12(8-15)9-19-16(25)10-24-11-20-22-23-24/h1-8,11H,9-10H2,(H,19,25)(H,21,26). The second-order valence-electron chi connectivity index (χ2n) is 5.45. The molecule has 8 nitrogen and oxygen atoms in total. The molecule has 132 valence electrons. The van der Waals surface area contributed by atoms with E-state index in [-0.39, 0.29) is 18.4 Å². The van der Waals surface area contributed by atoms with Gasteiger partial charge >= 0.3 is 0 Å². The van der Waals surface area contributed by atoms with Crippen molar-refractivity contribution in [3.63, 3.8) is 0 Å².